The second-order valence-corrected chi connectivity index (χ2v) is 8.98. The lowest BCUT2D eigenvalue weighted by Crippen LogP contribution is -2.56. The minimum atomic E-state index is -1.07. The number of amides is 2. The lowest BCUT2D eigenvalue weighted by molar-refractivity contribution is 0.0277. The summed E-state index contributed by atoms with van der Waals surface area (Å²) >= 11 is 5.42. The van der Waals surface area contributed by atoms with Gasteiger partial charge < -0.3 is 20.1 Å². The van der Waals surface area contributed by atoms with Crippen LogP contribution in [-0.4, -0.2) is 62.4 Å². The van der Waals surface area contributed by atoms with Gasteiger partial charge >= 0.3 is 6.09 Å². The standard InChI is InChI=1S/C22H27N5O4S/c1-21(2,3)31-20(30)27-12-16(13-28)22(14-27,17-11-23-9-10-24-17)26-19(32)25-18(29)15-7-5-4-6-8-15/h4-11,16,28H,12-14H2,1-3H3,(H2,25,26,29,32). The van der Waals surface area contributed by atoms with Crippen LogP contribution in [0, 0.1) is 5.92 Å². The first-order valence-electron chi connectivity index (χ1n) is 10.2. The average Bonchev–Trinajstić information content (AvgIpc) is 3.13. The molecule has 1 aliphatic rings. The molecule has 1 aromatic carbocycles. The van der Waals surface area contributed by atoms with Crippen molar-refractivity contribution in [3.8, 4) is 0 Å². The summed E-state index contributed by atoms with van der Waals surface area (Å²) in [5.74, 6) is -0.849. The molecule has 170 valence electrons. The molecule has 9 nitrogen and oxygen atoms in total. The molecule has 1 saturated heterocycles. The van der Waals surface area contributed by atoms with Gasteiger partial charge in [-0.15, -0.1) is 0 Å². The summed E-state index contributed by atoms with van der Waals surface area (Å²) in [6.45, 7) is 5.43. The van der Waals surface area contributed by atoms with Gasteiger partial charge in [0.25, 0.3) is 5.91 Å². The summed E-state index contributed by atoms with van der Waals surface area (Å²) in [5, 5.41) is 16.0. The predicted molar refractivity (Wildman–Crippen MR) is 122 cm³/mol. The molecule has 0 radical (unpaired) electrons. The fourth-order valence-corrected chi connectivity index (χ4v) is 3.89. The van der Waals surface area contributed by atoms with Gasteiger partial charge in [-0.3, -0.25) is 20.1 Å². The lowest BCUT2D eigenvalue weighted by atomic mass is 9.84. The zero-order chi connectivity index (χ0) is 23.4. The van der Waals surface area contributed by atoms with Gasteiger partial charge in [-0.25, -0.2) is 4.79 Å². The molecule has 0 spiro atoms. The van der Waals surface area contributed by atoms with Gasteiger partial charge in [-0.2, -0.15) is 0 Å². The van der Waals surface area contributed by atoms with Crippen molar-refractivity contribution < 1.29 is 19.4 Å². The monoisotopic (exact) mass is 457 g/mol. The smallest absolute Gasteiger partial charge is 0.410 e. The molecule has 1 aromatic heterocycles. The SMILES string of the molecule is CC(C)(C)OC(=O)N1CC(CO)C(NC(=S)NC(=O)c2ccccc2)(c2cnccn2)C1. The molecule has 32 heavy (non-hydrogen) atoms. The summed E-state index contributed by atoms with van der Waals surface area (Å²) < 4.78 is 5.51. The maximum atomic E-state index is 12.7. The van der Waals surface area contributed by atoms with E-state index in [0.29, 0.717) is 11.3 Å². The summed E-state index contributed by atoms with van der Waals surface area (Å²) in [4.78, 5) is 35.3. The van der Waals surface area contributed by atoms with Crippen LogP contribution >= 0.6 is 12.2 Å². The first-order valence-corrected chi connectivity index (χ1v) is 10.6. The van der Waals surface area contributed by atoms with E-state index in [1.807, 2.05) is 6.07 Å². The third-order valence-electron chi connectivity index (χ3n) is 5.07. The van der Waals surface area contributed by atoms with Crippen LogP contribution in [0.25, 0.3) is 0 Å². The third kappa shape index (κ3) is 5.38. The lowest BCUT2D eigenvalue weighted by Gasteiger charge is -2.35. The fourth-order valence-electron chi connectivity index (χ4n) is 3.62. The fraction of sp³-hybridized carbons (Fsp3) is 0.409. The maximum absolute atomic E-state index is 12.7. The van der Waals surface area contributed by atoms with Crippen molar-refractivity contribution in [1.82, 2.24) is 25.5 Å². The van der Waals surface area contributed by atoms with Crippen molar-refractivity contribution in [2.45, 2.75) is 31.9 Å². The quantitative estimate of drug-likeness (QED) is 0.596. The highest BCUT2D eigenvalue weighted by molar-refractivity contribution is 7.80. The number of carbonyl (C=O) groups excluding carboxylic acids is 2. The first kappa shape index (κ1) is 23.6. The van der Waals surface area contributed by atoms with E-state index in [0.717, 1.165) is 0 Å². The van der Waals surface area contributed by atoms with Crippen LogP contribution < -0.4 is 10.6 Å². The van der Waals surface area contributed by atoms with E-state index >= 15 is 0 Å². The number of benzene rings is 1. The molecule has 1 fully saturated rings. The van der Waals surface area contributed by atoms with Gasteiger partial charge in [0.1, 0.15) is 11.1 Å². The highest BCUT2D eigenvalue weighted by atomic mass is 32.1. The minimum absolute atomic E-state index is 0.0500. The number of nitrogens with zero attached hydrogens (tertiary/aromatic N) is 3. The Bertz CT molecular complexity index is 967. The Labute approximate surface area is 192 Å². The molecular weight excluding hydrogens is 430 g/mol. The number of aliphatic hydroxyl groups excluding tert-OH is 1. The molecule has 2 atom stereocenters. The van der Waals surface area contributed by atoms with Crippen LogP contribution in [-0.2, 0) is 10.3 Å². The molecule has 2 unspecified atom stereocenters. The molecule has 2 aromatic rings. The Balaban J connectivity index is 1.87. The van der Waals surface area contributed by atoms with Crippen LogP contribution in [0.5, 0.6) is 0 Å². The first-order chi connectivity index (χ1) is 15.1. The van der Waals surface area contributed by atoms with Gasteiger partial charge in [0.2, 0.25) is 0 Å². The van der Waals surface area contributed by atoms with Crippen molar-refractivity contribution in [2.24, 2.45) is 5.92 Å². The Kier molecular flexibility index (Phi) is 7.05. The molecule has 2 heterocycles. The molecule has 0 bridgehead atoms. The van der Waals surface area contributed by atoms with Crippen molar-refractivity contribution in [3.63, 3.8) is 0 Å². The Morgan fingerprint density at radius 1 is 1.28 bits per heavy atom. The number of hydrogen-bond acceptors (Lipinski definition) is 7. The molecular formula is C22H27N5O4S. The zero-order valence-electron chi connectivity index (χ0n) is 18.2. The van der Waals surface area contributed by atoms with Gasteiger partial charge in [0, 0.05) is 30.4 Å². The number of ether oxygens (including phenoxy) is 1. The molecule has 10 heteroatoms. The van der Waals surface area contributed by atoms with Crippen molar-refractivity contribution >= 4 is 29.3 Å². The number of nitrogens with one attached hydrogen (secondary N) is 2. The maximum Gasteiger partial charge on any atom is 0.410 e. The summed E-state index contributed by atoms with van der Waals surface area (Å²) in [6, 6.07) is 8.67. The second kappa shape index (κ2) is 9.58. The van der Waals surface area contributed by atoms with E-state index in [-0.39, 0.29) is 30.7 Å². The minimum Gasteiger partial charge on any atom is -0.444 e. The number of aliphatic hydroxyl groups is 1. The molecule has 3 N–H and O–H groups in total. The predicted octanol–water partition coefficient (Wildman–Crippen LogP) is 1.84. The van der Waals surface area contributed by atoms with E-state index in [4.69, 9.17) is 17.0 Å². The van der Waals surface area contributed by atoms with E-state index in [1.165, 1.54) is 17.3 Å². The Morgan fingerprint density at radius 2 is 2.00 bits per heavy atom. The molecule has 0 saturated carbocycles. The van der Waals surface area contributed by atoms with Crippen molar-refractivity contribution in [2.75, 3.05) is 19.7 Å². The second-order valence-electron chi connectivity index (χ2n) is 8.58. The number of aromatic nitrogens is 2. The van der Waals surface area contributed by atoms with E-state index < -0.39 is 23.2 Å². The van der Waals surface area contributed by atoms with E-state index in [9.17, 15) is 14.7 Å². The summed E-state index contributed by atoms with van der Waals surface area (Å²) in [7, 11) is 0. The van der Waals surface area contributed by atoms with Crippen molar-refractivity contribution in [3.05, 3.63) is 60.2 Å². The summed E-state index contributed by atoms with van der Waals surface area (Å²) in [5.41, 5.74) is -0.802. The van der Waals surface area contributed by atoms with E-state index in [2.05, 4.69) is 20.6 Å². The van der Waals surface area contributed by atoms with Gasteiger partial charge in [-0.05, 0) is 45.1 Å². The number of rotatable bonds is 4. The van der Waals surface area contributed by atoms with Crippen LogP contribution in [0.1, 0.15) is 36.8 Å². The highest BCUT2D eigenvalue weighted by Crippen LogP contribution is 2.36. The van der Waals surface area contributed by atoms with Gasteiger partial charge in [-0.1, -0.05) is 18.2 Å². The topological polar surface area (TPSA) is 117 Å². The average molecular weight is 458 g/mol. The van der Waals surface area contributed by atoms with Gasteiger partial charge in [0.05, 0.1) is 25.0 Å². The zero-order valence-corrected chi connectivity index (χ0v) is 19.1. The van der Waals surface area contributed by atoms with Gasteiger partial charge in [0.15, 0.2) is 5.11 Å². The molecule has 0 aliphatic carbocycles. The third-order valence-corrected chi connectivity index (χ3v) is 5.27. The number of carbonyl (C=O) groups is 2. The summed E-state index contributed by atoms with van der Waals surface area (Å²) in [6.07, 6.45) is 4.09. The van der Waals surface area contributed by atoms with Crippen LogP contribution in [0.15, 0.2) is 48.9 Å². The van der Waals surface area contributed by atoms with Crippen LogP contribution in [0.2, 0.25) is 0 Å². The number of hydrogen-bond donors (Lipinski definition) is 3. The molecule has 2 amide bonds. The molecule has 3 rings (SSSR count). The highest BCUT2D eigenvalue weighted by Gasteiger charge is 2.51. The van der Waals surface area contributed by atoms with Crippen molar-refractivity contribution in [1.29, 1.82) is 0 Å². The van der Waals surface area contributed by atoms with Crippen LogP contribution in [0.4, 0.5) is 4.79 Å². The molecule has 1 aliphatic heterocycles. The number of thiocarbonyl (C=S) groups is 1. The van der Waals surface area contributed by atoms with Crippen LogP contribution in [0.3, 0.4) is 0 Å². The Morgan fingerprint density at radius 3 is 2.59 bits per heavy atom. The van der Waals surface area contributed by atoms with E-state index in [1.54, 1.807) is 51.2 Å². The Hall–Kier alpha value is -3.11. The normalized spacial score (nSPS) is 20.5. The number of likely N-dealkylation sites (tertiary alicyclic amines) is 1. The largest absolute Gasteiger partial charge is 0.444 e.